The number of hydrogen-bond acceptors (Lipinski definition) is 5. The van der Waals surface area contributed by atoms with Crippen molar-refractivity contribution in [3.05, 3.63) is 193 Å². The second-order valence-electron chi connectivity index (χ2n) is 13.6. The van der Waals surface area contributed by atoms with E-state index in [1.165, 1.54) is 16.7 Å². The molecule has 0 bridgehead atoms. The van der Waals surface area contributed by atoms with Gasteiger partial charge in [-0.1, -0.05) is 78.9 Å². The van der Waals surface area contributed by atoms with Crippen LogP contribution in [0.2, 0.25) is 0 Å². The van der Waals surface area contributed by atoms with Crippen molar-refractivity contribution in [2.45, 2.75) is 6.04 Å². The summed E-state index contributed by atoms with van der Waals surface area (Å²) >= 11 is 0. The molecule has 0 fully saturated rings. The lowest BCUT2D eigenvalue weighted by atomic mass is 9.96. The average Bonchev–Trinajstić information content (AvgIpc) is 3.82. The van der Waals surface area contributed by atoms with Crippen molar-refractivity contribution in [2.24, 2.45) is 4.99 Å². The second kappa shape index (κ2) is 12.7. The van der Waals surface area contributed by atoms with Gasteiger partial charge in [-0.05, 0) is 95.7 Å². The molecule has 254 valence electrons. The second-order valence-corrected chi connectivity index (χ2v) is 13.6. The van der Waals surface area contributed by atoms with Crippen LogP contribution in [0, 0.1) is 0 Å². The van der Waals surface area contributed by atoms with E-state index in [1.54, 1.807) is 0 Å². The molecule has 1 N–H and O–H groups in total. The molecular weight excluding hydrogens is 651 g/mol. The molecule has 5 heterocycles. The Hall–Kier alpha value is -6.92. The number of allylic oxidation sites excluding steroid dienone is 2. The van der Waals surface area contributed by atoms with Gasteiger partial charge in [0.1, 0.15) is 17.2 Å². The summed E-state index contributed by atoms with van der Waals surface area (Å²) in [6.07, 6.45) is 12.3. The minimum absolute atomic E-state index is 0.00856. The molecule has 1 unspecified atom stereocenters. The molecule has 0 amide bonds. The highest BCUT2D eigenvalue weighted by molar-refractivity contribution is 6.20. The Bertz CT molecular complexity index is 2770. The number of pyridine rings is 1. The maximum atomic E-state index is 6.61. The van der Waals surface area contributed by atoms with E-state index in [-0.39, 0.29) is 6.04 Å². The van der Waals surface area contributed by atoms with Gasteiger partial charge in [0, 0.05) is 59.1 Å². The summed E-state index contributed by atoms with van der Waals surface area (Å²) in [6.45, 7) is 0.843. The van der Waals surface area contributed by atoms with Crippen LogP contribution < -0.4 is 5.32 Å². The van der Waals surface area contributed by atoms with Gasteiger partial charge in [0.2, 0.25) is 0 Å². The van der Waals surface area contributed by atoms with Crippen molar-refractivity contribution in [2.75, 3.05) is 13.6 Å². The van der Waals surface area contributed by atoms with Crippen molar-refractivity contribution < 1.29 is 4.42 Å². The van der Waals surface area contributed by atoms with Crippen LogP contribution in [0.5, 0.6) is 0 Å². The van der Waals surface area contributed by atoms with Crippen molar-refractivity contribution in [1.29, 1.82) is 0 Å². The summed E-state index contributed by atoms with van der Waals surface area (Å²) in [5.41, 5.74) is 12.0. The Morgan fingerprint density at radius 2 is 1.49 bits per heavy atom. The maximum Gasteiger partial charge on any atom is 0.144 e. The van der Waals surface area contributed by atoms with Crippen LogP contribution in [0.25, 0.3) is 61.1 Å². The molecule has 0 spiro atoms. The fraction of sp³-hybridized carbons (Fsp3) is 0.0638. The lowest BCUT2D eigenvalue weighted by Crippen LogP contribution is -2.33. The summed E-state index contributed by atoms with van der Waals surface area (Å²) in [5, 5.41) is 6.61. The predicted octanol–water partition coefficient (Wildman–Crippen LogP) is 10.6. The zero-order chi connectivity index (χ0) is 35.3. The summed E-state index contributed by atoms with van der Waals surface area (Å²) in [5.74, 6) is 1.79. The summed E-state index contributed by atoms with van der Waals surface area (Å²) in [4.78, 5) is 11.8. The molecule has 2 aliphatic heterocycles. The Morgan fingerprint density at radius 3 is 2.28 bits per heavy atom. The quantitative estimate of drug-likeness (QED) is 0.189. The summed E-state index contributed by atoms with van der Waals surface area (Å²) in [6, 6.07) is 47.2. The lowest BCUT2D eigenvalue weighted by molar-refractivity contribution is 0.435. The first-order valence-electron chi connectivity index (χ1n) is 18.0. The zero-order valence-corrected chi connectivity index (χ0v) is 29.1. The summed E-state index contributed by atoms with van der Waals surface area (Å²) < 4.78 is 8.95. The smallest absolute Gasteiger partial charge is 0.144 e. The van der Waals surface area contributed by atoms with Gasteiger partial charge in [0.25, 0.3) is 0 Å². The Labute approximate surface area is 307 Å². The van der Waals surface area contributed by atoms with Gasteiger partial charge >= 0.3 is 0 Å². The van der Waals surface area contributed by atoms with E-state index in [1.807, 2.05) is 48.9 Å². The lowest BCUT2D eigenvalue weighted by Gasteiger charge is -2.33. The van der Waals surface area contributed by atoms with E-state index in [4.69, 9.17) is 9.41 Å². The molecule has 6 heteroatoms. The van der Waals surface area contributed by atoms with Gasteiger partial charge in [0.15, 0.2) is 0 Å². The van der Waals surface area contributed by atoms with Crippen LogP contribution in [0.3, 0.4) is 0 Å². The molecule has 0 saturated heterocycles. The van der Waals surface area contributed by atoms with Crippen LogP contribution in [0.1, 0.15) is 28.3 Å². The van der Waals surface area contributed by atoms with E-state index in [9.17, 15) is 0 Å². The monoisotopic (exact) mass is 685 g/mol. The first-order chi connectivity index (χ1) is 26.2. The van der Waals surface area contributed by atoms with Crippen molar-refractivity contribution in [3.8, 4) is 17.0 Å². The number of nitrogens with zero attached hydrogens (tertiary/aromatic N) is 4. The van der Waals surface area contributed by atoms with Gasteiger partial charge in [-0.25, -0.2) is 4.99 Å². The number of furan rings is 1. The molecule has 53 heavy (non-hydrogen) atoms. The van der Waals surface area contributed by atoms with Gasteiger partial charge in [-0.3, -0.25) is 4.98 Å². The third-order valence-electron chi connectivity index (χ3n) is 10.4. The standard InChI is InChI=1S/C47H35N5O/c1-51-43(34-13-11-31(12-14-34)32-21-25-48-26-22-32)30-40(33-23-27-49-28-24-33)50-47(51)36-15-18-38(19-16-36)52-41-10-6-5-9-39(41)45-42(52)20-17-37-29-44(53-46(37)45)35-7-3-2-4-8-35/h2-25,27-30,43,48H,26H2,1H3. The number of likely N-dealkylation sites (N-methyl/N-ethyl adjacent to an activating group) is 1. The van der Waals surface area contributed by atoms with Gasteiger partial charge in [-0.15, -0.1) is 0 Å². The molecule has 6 nitrogen and oxygen atoms in total. The highest BCUT2D eigenvalue weighted by Crippen LogP contribution is 2.40. The number of aromatic nitrogens is 2. The molecule has 10 rings (SSSR count). The summed E-state index contributed by atoms with van der Waals surface area (Å²) in [7, 11) is 2.13. The Morgan fingerprint density at radius 1 is 0.717 bits per heavy atom. The van der Waals surface area contributed by atoms with Crippen LogP contribution >= 0.6 is 0 Å². The number of nitrogens with one attached hydrogen (secondary N) is 1. The number of aliphatic imine (C=N–C) groups is 1. The number of dihydropyridines is 1. The van der Waals surface area contributed by atoms with E-state index >= 15 is 0 Å². The molecule has 2 aliphatic rings. The fourth-order valence-electron chi connectivity index (χ4n) is 7.77. The van der Waals surface area contributed by atoms with Crippen molar-refractivity contribution in [3.63, 3.8) is 0 Å². The third-order valence-corrected chi connectivity index (χ3v) is 10.4. The Kier molecular flexibility index (Phi) is 7.39. The van der Waals surface area contributed by atoms with E-state index in [0.717, 1.165) is 79.0 Å². The van der Waals surface area contributed by atoms with E-state index in [2.05, 4.69) is 148 Å². The number of amidine groups is 1. The molecule has 5 aromatic carbocycles. The molecule has 0 aliphatic carbocycles. The normalized spacial score (nSPS) is 15.8. The van der Waals surface area contributed by atoms with Gasteiger partial charge in [-0.2, -0.15) is 0 Å². The van der Waals surface area contributed by atoms with E-state index in [0.29, 0.717) is 0 Å². The highest BCUT2D eigenvalue weighted by atomic mass is 16.3. The molecule has 0 radical (unpaired) electrons. The SMILES string of the molecule is CN1C(c2ccc(-n3c4ccccc4c4c5oc(-c6ccccc6)cc5ccc43)cc2)=NC(c2ccncc2)=CC1c1ccc(C2=CCNC=C2)cc1. The molecule has 0 saturated carbocycles. The molecular formula is C47H35N5O. The van der Waals surface area contributed by atoms with Crippen LogP contribution in [-0.2, 0) is 0 Å². The van der Waals surface area contributed by atoms with Gasteiger partial charge in [0.05, 0.1) is 28.2 Å². The van der Waals surface area contributed by atoms with Crippen LogP contribution in [0.15, 0.2) is 180 Å². The topological polar surface area (TPSA) is 58.6 Å². The van der Waals surface area contributed by atoms with Crippen LogP contribution in [0.4, 0.5) is 0 Å². The van der Waals surface area contributed by atoms with Crippen molar-refractivity contribution >= 4 is 49.9 Å². The minimum atomic E-state index is -0.00856. The third kappa shape index (κ3) is 5.35. The molecule has 8 aromatic rings. The molecule has 1 atom stereocenters. The number of para-hydroxylation sites is 1. The van der Waals surface area contributed by atoms with Crippen LogP contribution in [-0.4, -0.2) is 33.9 Å². The predicted molar refractivity (Wildman–Crippen MR) is 217 cm³/mol. The Balaban J connectivity index is 1.05. The molecule has 3 aromatic heterocycles. The number of rotatable bonds is 6. The van der Waals surface area contributed by atoms with Crippen molar-refractivity contribution in [1.82, 2.24) is 19.8 Å². The highest BCUT2D eigenvalue weighted by Gasteiger charge is 2.26. The van der Waals surface area contributed by atoms with Gasteiger partial charge < -0.3 is 19.2 Å². The minimum Gasteiger partial charge on any atom is -0.455 e. The first kappa shape index (κ1) is 30.9. The number of hydrogen-bond donors (Lipinski definition) is 1. The maximum absolute atomic E-state index is 6.61. The fourth-order valence-corrected chi connectivity index (χ4v) is 7.77. The number of fused-ring (bicyclic) bond motifs is 5. The van der Waals surface area contributed by atoms with E-state index < -0.39 is 0 Å². The first-order valence-corrected chi connectivity index (χ1v) is 18.0. The largest absolute Gasteiger partial charge is 0.455 e. The average molecular weight is 686 g/mol. The zero-order valence-electron chi connectivity index (χ0n) is 29.1. The number of benzene rings is 5.